The lowest BCUT2D eigenvalue weighted by Gasteiger charge is -2.29. The zero-order valence-electron chi connectivity index (χ0n) is 16.1. The molecule has 7 heteroatoms. The number of hydroxylamine groups is 1. The van der Waals surface area contributed by atoms with Gasteiger partial charge in [0.05, 0.1) is 17.4 Å². The molecule has 2 saturated heterocycles. The van der Waals surface area contributed by atoms with Gasteiger partial charge in [0.1, 0.15) is 11.7 Å². The third kappa shape index (κ3) is 2.78. The molecule has 0 radical (unpaired) electrons. The molecule has 1 aromatic heterocycles. The summed E-state index contributed by atoms with van der Waals surface area (Å²) in [6.07, 6.45) is 2.34. The smallest absolute Gasteiger partial charge is 0.266 e. The molecule has 0 N–H and O–H groups in total. The predicted octanol–water partition coefficient (Wildman–Crippen LogP) is 3.58. The zero-order valence-corrected chi connectivity index (χ0v) is 16.1. The highest BCUT2D eigenvalue weighted by Gasteiger charge is 2.60. The number of carbonyl (C=O) groups is 2. The summed E-state index contributed by atoms with van der Waals surface area (Å²) in [5, 5.41) is 1.66. The molecule has 3 aromatic rings. The molecule has 6 nitrogen and oxygen atoms in total. The van der Waals surface area contributed by atoms with Crippen LogP contribution in [0.2, 0.25) is 0 Å². The summed E-state index contributed by atoms with van der Waals surface area (Å²) in [6.45, 7) is 1.95. The fourth-order valence-corrected chi connectivity index (χ4v) is 4.18. The number of fused-ring (bicyclic) bond motifs is 1. The number of pyridine rings is 1. The number of hydrogen-bond acceptors (Lipinski definition) is 5. The Bertz CT molecular complexity index is 1120. The van der Waals surface area contributed by atoms with Crippen LogP contribution in [-0.2, 0) is 14.4 Å². The number of amides is 2. The van der Waals surface area contributed by atoms with Gasteiger partial charge in [-0.25, -0.2) is 14.4 Å². The van der Waals surface area contributed by atoms with Gasteiger partial charge in [0.2, 0.25) is 5.91 Å². The quantitative estimate of drug-likeness (QED) is 0.626. The molecule has 0 aliphatic carbocycles. The van der Waals surface area contributed by atoms with Crippen LogP contribution < -0.4 is 9.96 Å². The van der Waals surface area contributed by atoms with Crippen molar-refractivity contribution in [2.75, 3.05) is 9.96 Å². The van der Waals surface area contributed by atoms with E-state index in [1.807, 2.05) is 43.3 Å². The number of imide groups is 1. The third-order valence-electron chi connectivity index (χ3n) is 5.60. The van der Waals surface area contributed by atoms with Gasteiger partial charge in [-0.1, -0.05) is 18.2 Å². The minimum Gasteiger partial charge on any atom is -0.273 e. The van der Waals surface area contributed by atoms with Gasteiger partial charge in [-0.15, -0.1) is 0 Å². The van der Waals surface area contributed by atoms with Crippen LogP contribution in [0.1, 0.15) is 17.2 Å². The Hall–Kier alpha value is -3.58. The van der Waals surface area contributed by atoms with Gasteiger partial charge in [-0.2, -0.15) is 0 Å². The number of aromatic nitrogens is 1. The largest absolute Gasteiger partial charge is 0.273 e. The molecular formula is C23H18FN3O3. The Morgan fingerprint density at radius 2 is 1.63 bits per heavy atom. The van der Waals surface area contributed by atoms with Crippen molar-refractivity contribution in [2.45, 2.75) is 19.1 Å². The predicted molar refractivity (Wildman–Crippen MR) is 108 cm³/mol. The highest BCUT2D eigenvalue weighted by molar-refractivity contribution is 6.23. The van der Waals surface area contributed by atoms with Crippen molar-refractivity contribution in [3.05, 3.63) is 90.0 Å². The van der Waals surface area contributed by atoms with Gasteiger partial charge in [-0.3, -0.25) is 19.4 Å². The normalized spacial score (nSPS) is 23.2. The fraction of sp³-hybridized carbons (Fsp3) is 0.174. The van der Waals surface area contributed by atoms with E-state index in [-0.39, 0.29) is 5.91 Å². The van der Waals surface area contributed by atoms with Gasteiger partial charge in [0, 0.05) is 12.4 Å². The van der Waals surface area contributed by atoms with Crippen molar-refractivity contribution in [1.82, 2.24) is 4.98 Å². The number of carbonyl (C=O) groups excluding carboxylic acids is 2. The van der Waals surface area contributed by atoms with Crippen molar-refractivity contribution in [1.29, 1.82) is 0 Å². The van der Waals surface area contributed by atoms with Crippen molar-refractivity contribution in [3.8, 4) is 0 Å². The first-order valence-corrected chi connectivity index (χ1v) is 9.61. The minimum atomic E-state index is -0.958. The molecule has 0 saturated carbocycles. The molecule has 2 amide bonds. The van der Waals surface area contributed by atoms with E-state index in [1.54, 1.807) is 17.5 Å². The number of rotatable bonds is 3. The summed E-state index contributed by atoms with van der Waals surface area (Å²) in [6, 6.07) is 16.1. The molecule has 2 aromatic carbocycles. The van der Waals surface area contributed by atoms with Crippen LogP contribution in [0.3, 0.4) is 0 Å². The van der Waals surface area contributed by atoms with Gasteiger partial charge in [0.25, 0.3) is 5.91 Å². The van der Waals surface area contributed by atoms with E-state index < -0.39 is 29.8 Å². The van der Waals surface area contributed by atoms with E-state index in [0.29, 0.717) is 5.69 Å². The van der Waals surface area contributed by atoms with E-state index in [1.165, 1.54) is 24.3 Å². The summed E-state index contributed by atoms with van der Waals surface area (Å²) in [5.74, 6) is -1.99. The van der Waals surface area contributed by atoms with Crippen LogP contribution >= 0.6 is 0 Å². The van der Waals surface area contributed by atoms with Crippen LogP contribution in [0, 0.1) is 18.7 Å². The summed E-state index contributed by atoms with van der Waals surface area (Å²) >= 11 is 0. The number of benzene rings is 2. The lowest BCUT2D eigenvalue weighted by molar-refractivity contribution is -0.126. The van der Waals surface area contributed by atoms with Crippen LogP contribution in [0.25, 0.3) is 0 Å². The second-order valence-electron chi connectivity index (χ2n) is 7.38. The maximum absolute atomic E-state index is 13.4. The van der Waals surface area contributed by atoms with E-state index in [0.717, 1.165) is 21.7 Å². The second kappa shape index (κ2) is 7.03. The van der Waals surface area contributed by atoms with Gasteiger partial charge >= 0.3 is 0 Å². The summed E-state index contributed by atoms with van der Waals surface area (Å²) < 4.78 is 13.3. The molecule has 0 spiro atoms. The number of aryl methyl sites for hydroxylation is 1. The van der Waals surface area contributed by atoms with Gasteiger partial charge in [-0.05, 0) is 60.5 Å². The number of nitrogens with zero attached hydrogens (tertiary/aromatic N) is 3. The monoisotopic (exact) mass is 403 g/mol. The Balaban J connectivity index is 1.59. The number of hydrogen-bond donors (Lipinski definition) is 0. The summed E-state index contributed by atoms with van der Waals surface area (Å²) in [7, 11) is 0. The molecule has 2 fully saturated rings. The van der Waals surface area contributed by atoms with E-state index in [9.17, 15) is 14.0 Å². The first-order valence-electron chi connectivity index (χ1n) is 9.61. The lowest BCUT2D eigenvalue weighted by Crippen LogP contribution is -2.37. The molecule has 5 rings (SSSR count). The van der Waals surface area contributed by atoms with E-state index in [4.69, 9.17) is 4.84 Å². The summed E-state index contributed by atoms with van der Waals surface area (Å²) in [5.41, 5.74) is 2.91. The van der Waals surface area contributed by atoms with Crippen molar-refractivity contribution < 1.29 is 18.8 Å². The highest BCUT2D eigenvalue weighted by atomic mass is 19.1. The Kier molecular flexibility index (Phi) is 4.33. The average molecular weight is 403 g/mol. The first-order chi connectivity index (χ1) is 14.6. The molecule has 2 aliphatic rings. The molecule has 0 bridgehead atoms. The van der Waals surface area contributed by atoms with E-state index >= 15 is 0 Å². The lowest BCUT2D eigenvalue weighted by atomic mass is 9.91. The van der Waals surface area contributed by atoms with Crippen LogP contribution in [0.4, 0.5) is 15.8 Å². The number of halogens is 1. The molecule has 2 aliphatic heterocycles. The topological polar surface area (TPSA) is 62.7 Å². The average Bonchev–Trinajstić information content (AvgIpc) is 3.26. The molecule has 3 heterocycles. The van der Waals surface area contributed by atoms with Crippen LogP contribution in [-0.4, -0.2) is 22.9 Å². The molecular weight excluding hydrogens is 385 g/mol. The Labute approximate surface area is 172 Å². The van der Waals surface area contributed by atoms with Crippen molar-refractivity contribution >= 4 is 23.2 Å². The maximum atomic E-state index is 13.4. The zero-order chi connectivity index (χ0) is 20.8. The van der Waals surface area contributed by atoms with Gasteiger partial charge in [0.15, 0.2) is 6.10 Å². The SMILES string of the molecule is Cc1ccccc1N1O[C@@H]2C(=O)N(c3ccc(F)cc3)C(=O)[C@H]2[C@@H]1c1ccncc1. The molecule has 0 unspecified atom stereocenters. The number of anilines is 2. The molecule has 150 valence electrons. The first kappa shape index (κ1) is 18.4. The Morgan fingerprint density at radius 3 is 2.33 bits per heavy atom. The fourth-order valence-electron chi connectivity index (χ4n) is 4.18. The maximum Gasteiger partial charge on any atom is 0.266 e. The highest BCUT2D eigenvalue weighted by Crippen LogP contribution is 2.48. The number of para-hydroxylation sites is 1. The molecule has 30 heavy (non-hydrogen) atoms. The minimum absolute atomic E-state index is 0.334. The summed E-state index contributed by atoms with van der Waals surface area (Å²) in [4.78, 5) is 37.9. The molecule has 3 atom stereocenters. The standard InChI is InChI=1S/C23H18FN3O3/c1-14-4-2-3-5-18(14)27-20(15-10-12-25-13-11-15)19-21(30-27)23(29)26(22(19)28)17-8-6-16(24)7-9-17/h2-13,19-21H,1H3/t19-,20-,21-/m0/s1. The third-order valence-corrected chi connectivity index (χ3v) is 5.60. The van der Waals surface area contributed by atoms with Crippen molar-refractivity contribution in [3.63, 3.8) is 0 Å². The van der Waals surface area contributed by atoms with Crippen molar-refractivity contribution in [2.24, 2.45) is 5.92 Å². The van der Waals surface area contributed by atoms with Gasteiger partial charge < -0.3 is 0 Å². The van der Waals surface area contributed by atoms with Crippen LogP contribution in [0.15, 0.2) is 73.1 Å². The van der Waals surface area contributed by atoms with E-state index in [2.05, 4.69) is 4.98 Å². The Morgan fingerprint density at radius 1 is 0.933 bits per heavy atom. The second-order valence-corrected chi connectivity index (χ2v) is 7.38. The van der Waals surface area contributed by atoms with Crippen LogP contribution in [0.5, 0.6) is 0 Å².